The van der Waals surface area contributed by atoms with Gasteiger partial charge in [0, 0.05) is 10.1 Å². The molecular weight excluding hydrogens is 274 g/mol. The highest BCUT2D eigenvalue weighted by Crippen LogP contribution is 2.46. The number of thioether (sulfide) groups is 1. The van der Waals surface area contributed by atoms with Gasteiger partial charge in [0.1, 0.15) is 0 Å². The van der Waals surface area contributed by atoms with Crippen LogP contribution in [0, 0.1) is 42.4 Å². The van der Waals surface area contributed by atoms with Crippen LogP contribution in [0.5, 0.6) is 0 Å². The van der Waals surface area contributed by atoms with Crippen molar-refractivity contribution in [3.63, 3.8) is 0 Å². The summed E-state index contributed by atoms with van der Waals surface area (Å²) in [6.45, 7) is 11.3. The summed E-state index contributed by atoms with van der Waals surface area (Å²) < 4.78 is 0. The van der Waals surface area contributed by atoms with E-state index in [2.05, 4.69) is 58.9 Å². The Morgan fingerprint density at radius 3 is 2.52 bits per heavy atom. The van der Waals surface area contributed by atoms with E-state index in [0.29, 0.717) is 10.7 Å². The van der Waals surface area contributed by atoms with Gasteiger partial charge in [-0.25, -0.2) is 0 Å². The molecule has 0 aliphatic heterocycles. The second-order valence-corrected chi connectivity index (χ2v) is 8.82. The van der Waals surface area contributed by atoms with Crippen LogP contribution in [0.15, 0.2) is 23.1 Å². The van der Waals surface area contributed by atoms with Crippen LogP contribution in [0.3, 0.4) is 0 Å². The summed E-state index contributed by atoms with van der Waals surface area (Å²) in [6.07, 6.45) is 3.42. The van der Waals surface area contributed by atoms with Gasteiger partial charge in [0.05, 0.1) is 12.0 Å². The third-order valence-corrected chi connectivity index (χ3v) is 6.32. The molecule has 1 nitrogen and oxygen atoms in total. The minimum absolute atomic E-state index is 0.202. The van der Waals surface area contributed by atoms with Crippen LogP contribution in [-0.2, 0) is 0 Å². The maximum Gasteiger partial charge on any atom is 0.0667 e. The lowest BCUT2D eigenvalue weighted by molar-refractivity contribution is 0.169. The molecule has 0 bridgehead atoms. The van der Waals surface area contributed by atoms with Gasteiger partial charge in [-0.15, -0.1) is 11.8 Å². The summed E-state index contributed by atoms with van der Waals surface area (Å²) in [5, 5.41) is 9.93. The van der Waals surface area contributed by atoms with E-state index in [1.54, 1.807) is 0 Å². The van der Waals surface area contributed by atoms with E-state index >= 15 is 0 Å². The van der Waals surface area contributed by atoms with Crippen LogP contribution in [-0.4, -0.2) is 5.25 Å². The monoisotopic (exact) mass is 301 g/mol. The van der Waals surface area contributed by atoms with Crippen LogP contribution < -0.4 is 0 Å². The standard InChI is InChI=1S/C19H27NS/c1-13-6-7-14(2)17(10-13)21-18-11-16(19(3,4)5)9-8-15(18)12-20/h6-7,10,15-16,18H,8-9,11H2,1-5H3. The van der Waals surface area contributed by atoms with Crippen molar-refractivity contribution < 1.29 is 0 Å². The van der Waals surface area contributed by atoms with Crippen molar-refractivity contribution in [1.29, 1.82) is 5.26 Å². The summed E-state index contributed by atoms with van der Waals surface area (Å²) >= 11 is 1.94. The highest BCUT2D eigenvalue weighted by molar-refractivity contribution is 8.00. The molecule has 0 aromatic heterocycles. The Morgan fingerprint density at radius 2 is 1.90 bits per heavy atom. The van der Waals surface area contributed by atoms with Crippen molar-refractivity contribution in [1.82, 2.24) is 0 Å². The van der Waals surface area contributed by atoms with Gasteiger partial charge in [0.25, 0.3) is 0 Å². The molecule has 0 heterocycles. The fraction of sp³-hybridized carbons (Fsp3) is 0.632. The van der Waals surface area contributed by atoms with Gasteiger partial charge in [-0.05, 0) is 56.1 Å². The van der Waals surface area contributed by atoms with E-state index < -0.39 is 0 Å². The molecule has 3 unspecified atom stereocenters. The second-order valence-electron chi connectivity index (χ2n) is 7.54. The number of rotatable bonds is 2. The van der Waals surface area contributed by atoms with Crippen LogP contribution in [0.1, 0.15) is 51.2 Å². The van der Waals surface area contributed by atoms with Crippen molar-refractivity contribution in [3.8, 4) is 6.07 Å². The van der Waals surface area contributed by atoms with Gasteiger partial charge < -0.3 is 0 Å². The smallest absolute Gasteiger partial charge is 0.0667 e. The first-order valence-electron chi connectivity index (χ1n) is 7.95. The number of benzene rings is 1. The van der Waals surface area contributed by atoms with E-state index in [-0.39, 0.29) is 5.92 Å². The minimum Gasteiger partial charge on any atom is -0.198 e. The van der Waals surface area contributed by atoms with Crippen molar-refractivity contribution >= 4 is 11.8 Å². The lowest BCUT2D eigenvalue weighted by Gasteiger charge is -2.39. The SMILES string of the molecule is Cc1ccc(C)c(SC2CC(C(C)(C)C)CCC2C#N)c1. The molecule has 0 amide bonds. The topological polar surface area (TPSA) is 23.8 Å². The van der Waals surface area contributed by atoms with Crippen LogP contribution in [0.25, 0.3) is 0 Å². The predicted octanol–water partition coefficient (Wildman–Crippen LogP) is 5.75. The molecule has 0 spiro atoms. The lowest BCUT2D eigenvalue weighted by atomic mass is 9.70. The molecule has 1 fully saturated rings. The average Bonchev–Trinajstić information content (AvgIpc) is 2.42. The number of hydrogen-bond acceptors (Lipinski definition) is 2. The van der Waals surface area contributed by atoms with E-state index in [1.165, 1.54) is 28.9 Å². The third kappa shape index (κ3) is 4.04. The maximum atomic E-state index is 9.49. The molecule has 2 rings (SSSR count). The van der Waals surface area contributed by atoms with E-state index in [1.807, 2.05) is 11.8 Å². The largest absolute Gasteiger partial charge is 0.198 e. The zero-order valence-electron chi connectivity index (χ0n) is 13.9. The van der Waals surface area contributed by atoms with Gasteiger partial charge >= 0.3 is 0 Å². The fourth-order valence-corrected chi connectivity index (χ4v) is 4.71. The summed E-state index contributed by atoms with van der Waals surface area (Å²) in [6, 6.07) is 9.20. The molecule has 3 atom stereocenters. The molecule has 1 aromatic rings. The molecule has 1 aliphatic rings. The van der Waals surface area contributed by atoms with Crippen LogP contribution >= 0.6 is 11.8 Å². The first-order chi connectivity index (χ1) is 9.81. The number of nitriles is 1. The zero-order valence-corrected chi connectivity index (χ0v) is 14.8. The van der Waals surface area contributed by atoms with Gasteiger partial charge in [-0.3, -0.25) is 0 Å². The Kier molecular flexibility index (Phi) is 5.04. The third-order valence-electron chi connectivity index (χ3n) is 4.80. The average molecular weight is 301 g/mol. The summed E-state index contributed by atoms with van der Waals surface area (Å²) in [7, 11) is 0. The minimum atomic E-state index is 0.202. The Hall–Kier alpha value is -0.940. The molecule has 0 N–H and O–H groups in total. The Morgan fingerprint density at radius 1 is 1.19 bits per heavy atom. The Balaban J connectivity index is 2.18. The Bertz CT molecular complexity index is 535. The molecule has 1 saturated carbocycles. The van der Waals surface area contributed by atoms with Gasteiger partial charge in [0.15, 0.2) is 0 Å². The number of hydrogen-bond donors (Lipinski definition) is 0. The van der Waals surface area contributed by atoms with Crippen molar-refractivity contribution in [2.75, 3.05) is 0 Å². The summed E-state index contributed by atoms with van der Waals surface area (Å²) in [4.78, 5) is 1.36. The molecule has 1 aromatic carbocycles. The van der Waals surface area contributed by atoms with Crippen molar-refractivity contribution in [2.24, 2.45) is 17.3 Å². The quantitative estimate of drug-likeness (QED) is 0.694. The molecule has 21 heavy (non-hydrogen) atoms. The predicted molar refractivity (Wildman–Crippen MR) is 91.5 cm³/mol. The summed E-state index contributed by atoms with van der Waals surface area (Å²) in [5.41, 5.74) is 2.99. The molecule has 1 aliphatic carbocycles. The molecular formula is C19H27NS. The van der Waals surface area contributed by atoms with Gasteiger partial charge in [0.2, 0.25) is 0 Å². The van der Waals surface area contributed by atoms with E-state index in [9.17, 15) is 5.26 Å². The van der Waals surface area contributed by atoms with Crippen LogP contribution in [0.2, 0.25) is 0 Å². The number of nitrogens with zero attached hydrogens (tertiary/aromatic N) is 1. The normalized spacial score (nSPS) is 26.4. The first-order valence-corrected chi connectivity index (χ1v) is 8.82. The van der Waals surface area contributed by atoms with Crippen molar-refractivity contribution in [3.05, 3.63) is 29.3 Å². The number of aryl methyl sites for hydroxylation is 2. The maximum absolute atomic E-state index is 9.49. The van der Waals surface area contributed by atoms with Gasteiger partial charge in [-0.2, -0.15) is 5.26 Å². The Labute approximate surface area is 134 Å². The second kappa shape index (κ2) is 6.44. The molecule has 0 saturated heterocycles. The molecule has 0 radical (unpaired) electrons. The highest BCUT2D eigenvalue weighted by Gasteiger charge is 2.36. The van der Waals surface area contributed by atoms with Gasteiger partial charge in [-0.1, -0.05) is 38.5 Å². The molecule has 114 valence electrons. The van der Waals surface area contributed by atoms with E-state index in [4.69, 9.17) is 0 Å². The lowest BCUT2D eigenvalue weighted by Crippen LogP contribution is -2.33. The summed E-state index contributed by atoms with van der Waals surface area (Å²) in [5.74, 6) is 0.929. The van der Waals surface area contributed by atoms with E-state index in [0.717, 1.165) is 12.3 Å². The molecule has 2 heteroatoms. The highest BCUT2D eigenvalue weighted by atomic mass is 32.2. The fourth-order valence-electron chi connectivity index (χ4n) is 3.19. The van der Waals surface area contributed by atoms with Crippen LogP contribution in [0.4, 0.5) is 0 Å². The zero-order chi connectivity index (χ0) is 15.6. The first kappa shape index (κ1) is 16.4. The van der Waals surface area contributed by atoms with Crippen molar-refractivity contribution in [2.45, 2.75) is 64.0 Å².